The predicted molar refractivity (Wildman–Crippen MR) is 84.2 cm³/mol. The molecule has 3 rings (SSSR count). The average molecular weight is 293 g/mol. The molecule has 4 nitrogen and oxygen atoms in total. The number of hydrogen-bond donors (Lipinski definition) is 1. The third-order valence-corrected chi connectivity index (χ3v) is 3.49. The van der Waals surface area contributed by atoms with Crippen LogP contribution >= 0.6 is 0 Å². The summed E-state index contributed by atoms with van der Waals surface area (Å²) < 4.78 is 5.82. The average Bonchev–Trinajstić information content (AvgIpc) is 2.54. The van der Waals surface area contributed by atoms with Gasteiger partial charge < -0.3 is 9.84 Å². The Labute approximate surface area is 128 Å². The molecule has 3 aromatic rings. The molecule has 0 aliphatic carbocycles. The van der Waals surface area contributed by atoms with Crippen LogP contribution < -0.4 is 4.74 Å². The molecular formula is C18H15NO3. The van der Waals surface area contributed by atoms with Crippen LogP contribution in [-0.2, 0) is 0 Å². The lowest BCUT2D eigenvalue weighted by molar-refractivity contribution is 0.0698. The van der Waals surface area contributed by atoms with Gasteiger partial charge in [-0.25, -0.2) is 9.78 Å². The molecule has 0 aliphatic rings. The SMILES string of the molecule is C[C@@H](Oc1cc(C(=O)O)c2ccccc2n1)c1ccccc1. The number of aromatic carboxylic acids is 1. The summed E-state index contributed by atoms with van der Waals surface area (Å²) in [5.41, 5.74) is 1.81. The zero-order chi connectivity index (χ0) is 15.5. The highest BCUT2D eigenvalue weighted by Crippen LogP contribution is 2.25. The first-order chi connectivity index (χ1) is 10.6. The third kappa shape index (κ3) is 2.76. The highest BCUT2D eigenvalue weighted by Gasteiger charge is 2.14. The van der Waals surface area contributed by atoms with Gasteiger partial charge in [-0.2, -0.15) is 0 Å². The van der Waals surface area contributed by atoms with Crippen LogP contribution in [0.25, 0.3) is 10.9 Å². The topological polar surface area (TPSA) is 59.4 Å². The quantitative estimate of drug-likeness (QED) is 0.787. The fraction of sp³-hybridized carbons (Fsp3) is 0.111. The van der Waals surface area contributed by atoms with E-state index in [1.807, 2.05) is 43.3 Å². The number of para-hydroxylation sites is 1. The molecule has 1 aromatic heterocycles. The molecule has 1 heterocycles. The van der Waals surface area contributed by atoms with E-state index in [-0.39, 0.29) is 11.7 Å². The Bertz CT molecular complexity index is 815. The third-order valence-electron chi connectivity index (χ3n) is 3.49. The Kier molecular flexibility index (Phi) is 3.74. The van der Waals surface area contributed by atoms with Crippen molar-refractivity contribution in [3.05, 3.63) is 71.8 Å². The molecular weight excluding hydrogens is 278 g/mol. The number of carbonyl (C=O) groups is 1. The molecule has 0 saturated carbocycles. The molecule has 22 heavy (non-hydrogen) atoms. The number of benzene rings is 2. The van der Waals surface area contributed by atoms with Crippen LogP contribution in [0.3, 0.4) is 0 Å². The summed E-state index contributed by atoms with van der Waals surface area (Å²) in [7, 11) is 0. The Hall–Kier alpha value is -2.88. The molecule has 4 heteroatoms. The number of ether oxygens (including phenoxy) is 1. The summed E-state index contributed by atoms with van der Waals surface area (Å²) in [6.45, 7) is 1.91. The Balaban J connectivity index is 1.99. The molecule has 0 radical (unpaired) electrons. The van der Waals surface area contributed by atoms with Crippen molar-refractivity contribution < 1.29 is 14.6 Å². The second-order valence-corrected chi connectivity index (χ2v) is 5.00. The van der Waals surface area contributed by atoms with Gasteiger partial charge in [0.25, 0.3) is 0 Å². The lowest BCUT2D eigenvalue weighted by Crippen LogP contribution is -2.06. The number of hydrogen-bond acceptors (Lipinski definition) is 3. The number of rotatable bonds is 4. The molecule has 0 bridgehead atoms. The van der Waals surface area contributed by atoms with E-state index in [9.17, 15) is 9.90 Å². The van der Waals surface area contributed by atoms with Gasteiger partial charge in [0.1, 0.15) is 6.10 Å². The maximum Gasteiger partial charge on any atom is 0.336 e. The van der Waals surface area contributed by atoms with Crippen LogP contribution in [0.5, 0.6) is 5.88 Å². The first-order valence-corrected chi connectivity index (χ1v) is 7.00. The van der Waals surface area contributed by atoms with E-state index in [4.69, 9.17) is 4.74 Å². The number of pyridine rings is 1. The normalized spacial score (nSPS) is 12.0. The molecule has 0 saturated heterocycles. The van der Waals surface area contributed by atoms with Crippen LogP contribution in [-0.4, -0.2) is 16.1 Å². The van der Waals surface area contributed by atoms with Crippen molar-refractivity contribution in [1.82, 2.24) is 4.98 Å². The van der Waals surface area contributed by atoms with Crippen molar-refractivity contribution in [3.63, 3.8) is 0 Å². The van der Waals surface area contributed by atoms with Gasteiger partial charge >= 0.3 is 5.97 Å². The second kappa shape index (κ2) is 5.85. The lowest BCUT2D eigenvalue weighted by atomic mass is 10.1. The van der Waals surface area contributed by atoms with E-state index in [2.05, 4.69) is 4.98 Å². The molecule has 0 fully saturated rings. The van der Waals surface area contributed by atoms with Gasteiger partial charge in [-0.3, -0.25) is 0 Å². The number of carboxylic acid groups (broad SMARTS) is 1. The maximum atomic E-state index is 11.4. The predicted octanol–water partition coefficient (Wildman–Crippen LogP) is 4.07. The highest BCUT2D eigenvalue weighted by molar-refractivity contribution is 6.02. The van der Waals surface area contributed by atoms with Crippen molar-refractivity contribution in [3.8, 4) is 5.88 Å². The van der Waals surface area contributed by atoms with Crippen molar-refractivity contribution in [2.24, 2.45) is 0 Å². The van der Waals surface area contributed by atoms with E-state index in [0.717, 1.165) is 5.56 Å². The largest absolute Gasteiger partial charge is 0.478 e. The minimum atomic E-state index is -0.990. The maximum absolute atomic E-state index is 11.4. The first-order valence-electron chi connectivity index (χ1n) is 7.00. The summed E-state index contributed by atoms with van der Waals surface area (Å²) in [6, 6.07) is 18.4. The lowest BCUT2D eigenvalue weighted by Gasteiger charge is -2.15. The van der Waals surface area contributed by atoms with E-state index >= 15 is 0 Å². The summed E-state index contributed by atoms with van der Waals surface area (Å²) in [5, 5.41) is 9.98. The molecule has 110 valence electrons. The molecule has 0 aliphatic heterocycles. The van der Waals surface area contributed by atoms with Crippen LogP contribution in [0.2, 0.25) is 0 Å². The van der Waals surface area contributed by atoms with Crippen molar-refractivity contribution in [1.29, 1.82) is 0 Å². The van der Waals surface area contributed by atoms with Crippen LogP contribution in [0.15, 0.2) is 60.7 Å². The molecule has 2 aromatic carbocycles. The van der Waals surface area contributed by atoms with Crippen LogP contribution in [0, 0.1) is 0 Å². The smallest absolute Gasteiger partial charge is 0.336 e. The highest BCUT2D eigenvalue weighted by atomic mass is 16.5. The van der Waals surface area contributed by atoms with Crippen LogP contribution in [0.4, 0.5) is 0 Å². The Morgan fingerprint density at radius 3 is 2.50 bits per heavy atom. The Morgan fingerprint density at radius 2 is 1.77 bits per heavy atom. The first kappa shape index (κ1) is 14.1. The molecule has 0 unspecified atom stereocenters. The number of nitrogens with zero attached hydrogens (tertiary/aromatic N) is 1. The van der Waals surface area contributed by atoms with E-state index in [0.29, 0.717) is 16.8 Å². The van der Waals surface area contributed by atoms with Crippen molar-refractivity contribution in [2.45, 2.75) is 13.0 Å². The van der Waals surface area contributed by atoms with Crippen LogP contribution in [0.1, 0.15) is 28.9 Å². The molecule has 0 spiro atoms. The Morgan fingerprint density at radius 1 is 1.09 bits per heavy atom. The van der Waals surface area contributed by atoms with Gasteiger partial charge in [0.05, 0.1) is 11.1 Å². The zero-order valence-corrected chi connectivity index (χ0v) is 12.1. The fourth-order valence-corrected chi connectivity index (χ4v) is 2.36. The summed E-state index contributed by atoms with van der Waals surface area (Å²) in [4.78, 5) is 15.8. The standard InChI is InChI=1S/C18H15NO3/c1-12(13-7-3-2-4-8-13)22-17-11-15(18(20)21)14-9-5-6-10-16(14)19-17/h2-12H,1H3,(H,20,21)/t12-/m1/s1. The van der Waals surface area contributed by atoms with Gasteiger partial charge in [0, 0.05) is 11.5 Å². The van der Waals surface area contributed by atoms with Crippen molar-refractivity contribution >= 4 is 16.9 Å². The van der Waals surface area contributed by atoms with Gasteiger partial charge in [0.2, 0.25) is 5.88 Å². The minimum Gasteiger partial charge on any atom is -0.478 e. The minimum absolute atomic E-state index is 0.195. The van der Waals surface area contributed by atoms with E-state index in [1.165, 1.54) is 6.07 Å². The number of aromatic nitrogens is 1. The number of fused-ring (bicyclic) bond motifs is 1. The van der Waals surface area contributed by atoms with E-state index in [1.54, 1.807) is 18.2 Å². The van der Waals surface area contributed by atoms with Gasteiger partial charge in [-0.1, -0.05) is 48.5 Å². The van der Waals surface area contributed by atoms with Crippen molar-refractivity contribution in [2.75, 3.05) is 0 Å². The summed E-state index contributed by atoms with van der Waals surface area (Å²) in [5.74, 6) is -0.678. The number of carboxylic acids is 1. The second-order valence-electron chi connectivity index (χ2n) is 5.00. The zero-order valence-electron chi connectivity index (χ0n) is 12.1. The van der Waals surface area contributed by atoms with Gasteiger partial charge in [0.15, 0.2) is 0 Å². The van der Waals surface area contributed by atoms with Gasteiger partial charge in [-0.15, -0.1) is 0 Å². The molecule has 0 amide bonds. The van der Waals surface area contributed by atoms with Gasteiger partial charge in [-0.05, 0) is 18.6 Å². The monoisotopic (exact) mass is 293 g/mol. The summed E-state index contributed by atoms with van der Waals surface area (Å²) in [6.07, 6.45) is -0.212. The summed E-state index contributed by atoms with van der Waals surface area (Å²) >= 11 is 0. The molecule has 1 N–H and O–H groups in total. The molecule has 1 atom stereocenters. The fourth-order valence-electron chi connectivity index (χ4n) is 2.36. The van der Waals surface area contributed by atoms with E-state index < -0.39 is 5.97 Å².